The van der Waals surface area contributed by atoms with Gasteiger partial charge in [0.25, 0.3) is 10.0 Å². The molecule has 226 valence electrons. The molecule has 0 fully saturated rings. The van der Waals surface area contributed by atoms with Gasteiger partial charge in [-0.3, -0.25) is 13.9 Å². The van der Waals surface area contributed by atoms with E-state index in [1.807, 2.05) is 20.8 Å². The Bertz CT molecular complexity index is 1530. The molecule has 42 heavy (non-hydrogen) atoms. The number of anilines is 1. The van der Waals surface area contributed by atoms with E-state index < -0.39 is 28.5 Å². The lowest BCUT2D eigenvalue weighted by atomic mass is 10.1. The van der Waals surface area contributed by atoms with Crippen molar-refractivity contribution in [2.75, 3.05) is 10.8 Å². The number of hydrogen-bond acceptors (Lipinski definition) is 4. The van der Waals surface area contributed by atoms with E-state index in [-0.39, 0.29) is 45.5 Å². The molecule has 0 aliphatic rings. The van der Waals surface area contributed by atoms with Crippen LogP contribution in [-0.4, -0.2) is 43.8 Å². The molecule has 7 nitrogen and oxygen atoms in total. The monoisotopic (exact) mass is 671 g/mol. The van der Waals surface area contributed by atoms with Crippen LogP contribution >= 0.6 is 46.4 Å². The lowest BCUT2D eigenvalue weighted by Gasteiger charge is -2.34. The average Bonchev–Trinajstić information content (AvgIpc) is 2.94. The topological polar surface area (TPSA) is 86.8 Å². The van der Waals surface area contributed by atoms with Crippen molar-refractivity contribution in [3.63, 3.8) is 0 Å². The van der Waals surface area contributed by atoms with Gasteiger partial charge in [0.2, 0.25) is 11.8 Å². The van der Waals surface area contributed by atoms with Crippen LogP contribution in [0, 0.1) is 6.92 Å². The maximum Gasteiger partial charge on any atom is 0.264 e. The van der Waals surface area contributed by atoms with Crippen molar-refractivity contribution in [2.24, 2.45) is 0 Å². The third-order valence-electron chi connectivity index (χ3n) is 6.83. The Balaban J connectivity index is 2.13. The molecule has 0 saturated carbocycles. The zero-order valence-corrected chi connectivity index (χ0v) is 27.5. The summed E-state index contributed by atoms with van der Waals surface area (Å²) in [6, 6.07) is 14.6. The van der Waals surface area contributed by atoms with Gasteiger partial charge in [-0.2, -0.15) is 0 Å². The van der Waals surface area contributed by atoms with E-state index in [0.29, 0.717) is 22.0 Å². The average molecular weight is 673 g/mol. The maximum absolute atomic E-state index is 14.2. The Kier molecular flexibility index (Phi) is 12.0. The van der Waals surface area contributed by atoms with Crippen molar-refractivity contribution in [2.45, 2.75) is 64.1 Å². The number of nitrogens with one attached hydrogen (secondary N) is 1. The summed E-state index contributed by atoms with van der Waals surface area (Å²) in [5, 5.41) is 3.74. The summed E-state index contributed by atoms with van der Waals surface area (Å²) >= 11 is 25.3. The van der Waals surface area contributed by atoms with Crippen LogP contribution in [0.4, 0.5) is 5.69 Å². The van der Waals surface area contributed by atoms with Crippen molar-refractivity contribution in [1.82, 2.24) is 10.2 Å². The number of hydrogen-bond donors (Lipinski definition) is 1. The van der Waals surface area contributed by atoms with Crippen LogP contribution in [0.2, 0.25) is 20.1 Å². The highest BCUT2D eigenvalue weighted by molar-refractivity contribution is 7.92. The molecule has 2 atom stereocenters. The lowest BCUT2D eigenvalue weighted by molar-refractivity contribution is -0.140. The molecule has 0 aromatic heterocycles. The fraction of sp³-hybridized carbons (Fsp3) is 0.333. The molecule has 0 aliphatic heterocycles. The molecular formula is C30H33Cl4N3O4S. The SMILES string of the molecule is CC[C@@H](C)NC(=O)[C@H](CC)N(Cc1ccc(Cl)cc1Cl)C(=O)CN(c1cccc(Cl)c1Cl)S(=O)(=O)c1ccc(C)cc1. The van der Waals surface area contributed by atoms with E-state index in [9.17, 15) is 18.0 Å². The molecule has 3 aromatic carbocycles. The molecular weight excluding hydrogens is 640 g/mol. The van der Waals surface area contributed by atoms with Gasteiger partial charge in [-0.1, -0.05) is 90.1 Å². The number of carbonyl (C=O) groups is 2. The van der Waals surface area contributed by atoms with Gasteiger partial charge in [0.1, 0.15) is 12.6 Å². The fourth-order valence-corrected chi connectivity index (χ4v) is 6.57. The number of amides is 2. The number of sulfonamides is 1. The number of carbonyl (C=O) groups excluding carboxylic acids is 2. The van der Waals surface area contributed by atoms with E-state index in [4.69, 9.17) is 46.4 Å². The summed E-state index contributed by atoms with van der Waals surface area (Å²) in [5.74, 6) is -1.00. The molecule has 0 spiro atoms. The third-order valence-corrected chi connectivity index (χ3v) is 10.0. The first-order valence-corrected chi connectivity index (χ1v) is 16.3. The fourth-order valence-electron chi connectivity index (χ4n) is 4.23. The van der Waals surface area contributed by atoms with Crippen molar-refractivity contribution in [3.8, 4) is 0 Å². The van der Waals surface area contributed by atoms with Gasteiger partial charge in [0.15, 0.2) is 0 Å². The summed E-state index contributed by atoms with van der Waals surface area (Å²) < 4.78 is 28.9. The highest BCUT2D eigenvalue weighted by Crippen LogP contribution is 2.36. The summed E-state index contributed by atoms with van der Waals surface area (Å²) in [7, 11) is -4.30. The van der Waals surface area contributed by atoms with Crippen LogP contribution in [0.1, 0.15) is 44.7 Å². The van der Waals surface area contributed by atoms with Crippen molar-refractivity contribution in [3.05, 3.63) is 91.9 Å². The molecule has 0 aliphatic carbocycles. The number of nitrogens with zero attached hydrogens (tertiary/aromatic N) is 2. The van der Waals surface area contributed by atoms with Gasteiger partial charge in [0.05, 0.1) is 20.6 Å². The first-order valence-electron chi connectivity index (χ1n) is 13.4. The molecule has 1 N–H and O–H groups in total. The van der Waals surface area contributed by atoms with Crippen LogP contribution in [0.5, 0.6) is 0 Å². The zero-order chi connectivity index (χ0) is 31.2. The largest absolute Gasteiger partial charge is 0.352 e. The van der Waals surface area contributed by atoms with Crippen LogP contribution in [0.15, 0.2) is 65.6 Å². The van der Waals surface area contributed by atoms with Gasteiger partial charge >= 0.3 is 0 Å². The quantitative estimate of drug-likeness (QED) is 0.216. The highest BCUT2D eigenvalue weighted by Gasteiger charge is 2.35. The summed E-state index contributed by atoms with van der Waals surface area (Å²) in [6.07, 6.45) is 0.955. The molecule has 0 radical (unpaired) electrons. The zero-order valence-electron chi connectivity index (χ0n) is 23.7. The predicted molar refractivity (Wildman–Crippen MR) is 171 cm³/mol. The molecule has 0 bridgehead atoms. The first-order chi connectivity index (χ1) is 19.8. The second-order valence-corrected chi connectivity index (χ2v) is 13.4. The highest BCUT2D eigenvalue weighted by atomic mass is 35.5. The van der Waals surface area contributed by atoms with Gasteiger partial charge in [0, 0.05) is 22.6 Å². The predicted octanol–water partition coefficient (Wildman–Crippen LogP) is 7.53. The van der Waals surface area contributed by atoms with E-state index in [1.54, 1.807) is 43.3 Å². The maximum atomic E-state index is 14.2. The van der Waals surface area contributed by atoms with Crippen LogP contribution in [0.3, 0.4) is 0 Å². The molecule has 3 rings (SSSR count). The summed E-state index contributed by atoms with van der Waals surface area (Å²) in [6.45, 7) is 6.69. The number of aryl methyl sites for hydroxylation is 1. The van der Waals surface area contributed by atoms with E-state index >= 15 is 0 Å². The van der Waals surface area contributed by atoms with Crippen molar-refractivity contribution in [1.29, 1.82) is 0 Å². The Labute approximate surface area is 267 Å². The Morgan fingerprint density at radius 3 is 2.17 bits per heavy atom. The van der Waals surface area contributed by atoms with Gasteiger partial charge in [-0.25, -0.2) is 8.42 Å². The number of halogens is 4. The molecule has 12 heteroatoms. The van der Waals surface area contributed by atoms with Gasteiger partial charge in [-0.05, 0) is 68.7 Å². The Hall–Kier alpha value is -2.49. The van der Waals surface area contributed by atoms with Gasteiger partial charge < -0.3 is 10.2 Å². The minimum atomic E-state index is -4.30. The van der Waals surface area contributed by atoms with Crippen LogP contribution in [-0.2, 0) is 26.2 Å². The summed E-state index contributed by atoms with van der Waals surface area (Å²) in [4.78, 5) is 28.9. The molecule has 2 amide bonds. The van der Waals surface area contributed by atoms with Crippen LogP contribution < -0.4 is 9.62 Å². The second-order valence-electron chi connectivity index (χ2n) is 9.90. The van der Waals surface area contributed by atoms with E-state index in [0.717, 1.165) is 9.87 Å². The molecule has 3 aromatic rings. The molecule has 0 saturated heterocycles. The minimum Gasteiger partial charge on any atom is -0.352 e. The number of rotatable bonds is 12. The molecule has 0 heterocycles. The first kappa shape index (κ1) is 34.0. The Morgan fingerprint density at radius 1 is 0.905 bits per heavy atom. The number of benzene rings is 3. The standard InChI is InChI=1S/C30H33Cl4N3O4S/c1-5-20(4)35-30(39)26(6-2)36(17-21-12-13-22(31)16-25(21)33)28(38)18-37(27-9-7-8-24(32)29(27)34)42(40,41)23-14-10-19(3)11-15-23/h7-16,20,26H,5-6,17-18H2,1-4H3,(H,35,39)/t20-,26+/m1/s1. The minimum absolute atomic E-state index is 0.0275. The van der Waals surface area contributed by atoms with Crippen LogP contribution in [0.25, 0.3) is 0 Å². The van der Waals surface area contributed by atoms with E-state index in [2.05, 4.69) is 5.32 Å². The lowest BCUT2D eigenvalue weighted by Crippen LogP contribution is -2.53. The molecule has 0 unspecified atom stereocenters. The summed E-state index contributed by atoms with van der Waals surface area (Å²) in [5.41, 5.74) is 1.43. The Morgan fingerprint density at radius 2 is 1.57 bits per heavy atom. The van der Waals surface area contributed by atoms with Crippen molar-refractivity contribution < 1.29 is 18.0 Å². The van der Waals surface area contributed by atoms with E-state index in [1.165, 1.54) is 29.2 Å². The normalized spacial score (nSPS) is 12.9. The van der Waals surface area contributed by atoms with Crippen molar-refractivity contribution >= 4 is 73.9 Å². The van der Waals surface area contributed by atoms with Gasteiger partial charge in [-0.15, -0.1) is 0 Å². The third kappa shape index (κ3) is 8.11. The second kappa shape index (κ2) is 14.8. The smallest absolute Gasteiger partial charge is 0.264 e.